The summed E-state index contributed by atoms with van der Waals surface area (Å²) in [6.45, 7) is 4.34. The van der Waals surface area contributed by atoms with Crippen molar-refractivity contribution in [1.29, 1.82) is 0 Å². The third kappa shape index (κ3) is 3.39. The number of benzene rings is 1. The zero-order valence-electron chi connectivity index (χ0n) is 12.6. The number of halogens is 1. The molecule has 3 rings (SSSR count). The van der Waals surface area contributed by atoms with Crippen LogP contribution in [0.15, 0.2) is 63.8 Å². The summed E-state index contributed by atoms with van der Waals surface area (Å²) in [6, 6.07) is 8.98. The maximum atomic E-state index is 2.48. The monoisotopic (exact) mass is 388 g/mol. The maximum absolute atomic E-state index is 2.48. The molecule has 0 aromatic heterocycles. The minimum atomic E-state index is 0.602. The average molecular weight is 388 g/mol. The van der Waals surface area contributed by atoms with Crippen molar-refractivity contribution in [3.8, 4) is 0 Å². The van der Waals surface area contributed by atoms with Crippen LogP contribution in [0.3, 0.4) is 0 Å². The fourth-order valence-corrected chi connectivity index (χ4v) is 3.83. The van der Waals surface area contributed by atoms with E-state index >= 15 is 0 Å². The van der Waals surface area contributed by atoms with Gasteiger partial charge in [0.15, 0.2) is 0 Å². The van der Waals surface area contributed by atoms with Crippen molar-refractivity contribution in [2.75, 3.05) is 0 Å². The lowest BCUT2D eigenvalue weighted by atomic mass is 9.75. The van der Waals surface area contributed by atoms with Gasteiger partial charge in [0.2, 0.25) is 0 Å². The lowest BCUT2D eigenvalue weighted by Gasteiger charge is -2.30. The van der Waals surface area contributed by atoms with E-state index < -0.39 is 0 Å². The highest BCUT2D eigenvalue weighted by molar-refractivity contribution is 14.1. The van der Waals surface area contributed by atoms with E-state index in [0.717, 1.165) is 0 Å². The molecule has 0 heterocycles. The molecule has 2 unspecified atom stereocenters. The molecule has 0 saturated heterocycles. The van der Waals surface area contributed by atoms with E-state index in [1.165, 1.54) is 38.7 Å². The molecule has 2 aliphatic rings. The van der Waals surface area contributed by atoms with Crippen LogP contribution in [-0.4, -0.2) is 0 Å². The van der Waals surface area contributed by atoms with Crippen molar-refractivity contribution in [3.05, 3.63) is 74.9 Å². The summed E-state index contributed by atoms with van der Waals surface area (Å²) in [5, 5.41) is 0. The van der Waals surface area contributed by atoms with Gasteiger partial charge in [0.05, 0.1) is 0 Å². The number of allylic oxidation sites excluding steroid dienone is 8. The van der Waals surface area contributed by atoms with E-state index in [9.17, 15) is 0 Å². The van der Waals surface area contributed by atoms with Crippen LogP contribution in [0.25, 0.3) is 5.57 Å². The third-order valence-electron chi connectivity index (χ3n) is 4.48. The Hall–Kier alpha value is -1.09. The number of rotatable bonds is 2. The van der Waals surface area contributed by atoms with Gasteiger partial charge < -0.3 is 0 Å². The van der Waals surface area contributed by atoms with Gasteiger partial charge in [-0.2, -0.15) is 0 Å². The molecule has 0 bridgehead atoms. The molecular weight excluding hydrogens is 367 g/mol. The standard InChI is InChI=1S/C20H21I/c1-14-3-7-16(8-4-14)19-12-11-18(21)13-20(19)17-9-5-15(2)6-10-17/h3-9,11-12,17,20H,10,13H2,1-2H3. The van der Waals surface area contributed by atoms with Crippen molar-refractivity contribution < 1.29 is 0 Å². The Morgan fingerprint density at radius 1 is 1.05 bits per heavy atom. The fourth-order valence-electron chi connectivity index (χ4n) is 3.17. The van der Waals surface area contributed by atoms with Crippen molar-refractivity contribution in [3.63, 3.8) is 0 Å². The highest BCUT2D eigenvalue weighted by Gasteiger charge is 2.27. The van der Waals surface area contributed by atoms with E-state index in [4.69, 9.17) is 0 Å². The predicted molar refractivity (Wildman–Crippen MR) is 100 cm³/mol. The van der Waals surface area contributed by atoms with Gasteiger partial charge in [-0.1, -0.05) is 65.8 Å². The first kappa shape index (κ1) is 14.8. The second-order valence-electron chi connectivity index (χ2n) is 6.12. The summed E-state index contributed by atoms with van der Waals surface area (Å²) in [6.07, 6.45) is 14.0. The van der Waals surface area contributed by atoms with Crippen LogP contribution in [-0.2, 0) is 0 Å². The van der Waals surface area contributed by atoms with Crippen LogP contribution in [0.1, 0.15) is 30.9 Å². The van der Waals surface area contributed by atoms with Gasteiger partial charge >= 0.3 is 0 Å². The Morgan fingerprint density at radius 2 is 1.81 bits per heavy atom. The van der Waals surface area contributed by atoms with E-state index in [0.29, 0.717) is 11.8 Å². The predicted octanol–water partition coefficient (Wildman–Crippen LogP) is 6.24. The van der Waals surface area contributed by atoms with Crippen LogP contribution in [0, 0.1) is 18.8 Å². The van der Waals surface area contributed by atoms with Gasteiger partial charge in [-0.05, 0) is 75.8 Å². The lowest BCUT2D eigenvalue weighted by Crippen LogP contribution is -2.18. The molecule has 1 aromatic rings. The second kappa shape index (κ2) is 6.35. The molecule has 0 aliphatic heterocycles. The highest BCUT2D eigenvalue weighted by Crippen LogP contribution is 2.42. The lowest BCUT2D eigenvalue weighted by molar-refractivity contribution is 0.489. The molecule has 0 saturated carbocycles. The minimum Gasteiger partial charge on any atom is -0.0810 e. The van der Waals surface area contributed by atoms with Gasteiger partial charge in [0.25, 0.3) is 0 Å². The van der Waals surface area contributed by atoms with Crippen molar-refractivity contribution in [2.24, 2.45) is 11.8 Å². The van der Waals surface area contributed by atoms with E-state index in [1.807, 2.05) is 0 Å². The number of hydrogen-bond donors (Lipinski definition) is 0. The quantitative estimate of drug-likeness (QED) is 0.526. The second-order valence-corrected chi connectivity index (χ2v) is 7.50. The van der Waals surface area contributed by atoms with E-state index in [-0.39, 0.29) is 0 Å². The summed E-state index contributed by atoms with van der Waals surface area (Å²) >= 11 is 2.48. The maximum Gasteiger partial charge on any atom is -0.00451 e. The Bertz CT molecular complexity index is 641. The normalized spacial score (nSPS) is 25.2. The molecule has 0 radical (unpaired) electrons. The van der Waals surface area contributed by atoms with Crippen LogP contribution in [0.5, 0.6) is 0 Å². The summed E-state index contributed by atoms with van der Waals surface area (Å²) in [7, 11) is 0. The van der Waals surface area contributed by atoms with Gasteiger partial charge in [-0.3, -0.25) is 0 Å². The molecule has 2 atom stereocenters. The zero-order chi connectivity index (χ0) is 14.8. The Balaban J connectivity index is 1.92. The van der Waals surface area contributed by atoms with Crippen LogP contribution in [0.4, 0.5) is 0 Å². The molecule has 108 valence electrons. The third-order valence-corrected chi connectivity index (χ3v) is 5.28. The average Bonchev–Trinajstić information content (AvgIpc) is 2.49. The van der Waals surface area contributed by atoms with Crippen LogP contribution in [0.2, 0.25) is 0 Å². The first-order valence-corrected chi connectivity index (χ1v) is 8.69. The fraction of sp³-hybridized carbons (Fsp3) is 0.300. The summed E-state index contributed by atoms with van der Waals surface area (Å²) in [5.41, 5.74) is 5.60. The topological polar surface area (TPSA) is 0 Å². The van der Waals surface area contributed by atoms with Crippen molar-refractivity contribution in [1.82, 2.24) is 0 Å². The van der Waals surface area contributed by atoms with Gasteiger partial charge in [0.1, 0.15) is 0 Å². The molecule has 0 N–H and O–H groups in total. The van der Waals surface area contributed by atoms with Gasteiger partial charge in [-0.15, -0.1) is 0 Å². The number of hydrogen-bond acceptors (Lipinski definition) is 0. The zero-order valence-corrected chi connectivity index (χ0v) is 14.8. The van der Waals surface area contributed by atoms with Gasteiger partial charge in [-0.25, -0.2) is 0 Å². The number of aryl methyl sites for hydroxylation is 1. The summed E-state index contributed by atoms with van der Waals surface area (Å²) < 4.78 is 1.47. The largest absolute Gasteiger partial charge is 0.0810 e. The summed E-state index contributed by atoms with van der Waals surface area (Å²) in [4.78, 5) is 0. The minimum absolute atomic E-state index is 0.602. The van der Waals surface area contributed by atoms with Gasteiger partial charge in [0, 0.05) is 0 Å². The highest BCUT2D eigenvalue weighted by atomic mass is 127. The van der Waals surface area contributed by atoms with Crippen molar-refractivity contribution >= 4 is 28.2 Å². The molecular formula is C20H21I. The Morgan fingerprint density at radius 3 is 2.48 bits per heavy atom. The molecule has 1 heteroatoms. The molecule has 0 nitrogen and oxygen atoms in total. The SMILES string of the molecule is CC1=CCC(C2CC(I)=CC=C2c2ccc(C)cc2)C=C1. The molecule has 0 spiro atoms. The van der Waals surface area contributed by atoms with E-state index in [1.54, 1.807) is 0 Å². The Labute approximate surface area is 141 Å². The molecule has 1 aromatic carbocycles. The van der Waals surface area contributed by atoms with Crippen molar-refractivity contribution in [2.45, 2.75) is 26.7 Å². The van der Waals surface area contributed by atoms with E-state index in [2.05, 4.69) is 91.1 Å². The Kier molecular flexibility index (Phi) is 4.48. The smallest absolute Gasteiger partial charge is 0.00451 e. The van der Waals surface area contributed by atoms with Crippen LogP contribution < -0.4 is 0 Å². The first-order chi connectivity index (χ1) is 10.1. The summed E-state index contributed by atoms with van der Waals surface area (Å²) in [5.74, 6) is 1.23. The molecule has 0 fully saturated rings. The molecule has 0 amide bonds. The molecule has 21 heavy (non-hydrogen) atoms. The molecule has 2 aliphatic carbocycles. The first-order valence-electron chi connectivity index (χ1n) is 7.62. The van der Waals surface area contributed by atoms with Crippen LogP contribution >= 0.6 is 22.6 Å².